The lowest BCUT2D eigenvalue weighted by atomic mass is 10.2. The number of carbonyl (C=O) groups is 2. The average Bonchev–Trinajstić information content (AvgIpc) is 3.41. The number of rotatable bonds is 7. The van der Waals surface area contributed by atoms with Gasteiger partial charge in [0, 0.05) is 23.4 Å². The molecule has 0 spiro atoms. The van der Waals surface area contributed by atoms with Crippen LogP contribution in [0.4, 0.5) is 10.1 Å². The SMILES string of the molecule is O=C(Nc1ccc(OCc2cc(C(=O)NC3CC3)no2)cc1)c1ccc(F)cc1. The number of anilines is 1. The molecule has 8 heteroatoms. The van der Waals surface area contributed by atoms with Crippen LogP contribution in [0.1, 0.15) is 39.4 Å². The van der Waals surface area contributed by atoms with Crippen molar-refractivity contribution < 1.29 is 23.2 Å². The van der Waals surface area contributed by atoms with Gasteiger partial charge in [0.25, 0.3) is 11.8 Å². The molecular weight excluding hydrogens is 377 g/mol. The van der Waals surface area contributed by atoms with Gasteiger partial charge < -0.3 is 19.9 Å². The third-order valence-corrected chi connectivity index (χ3v) is 4.30. The number of ether oxygens (including phenoxy) is 1. The van der Waals surface area contributed by atoms with E-state index in [9.17, 15) is 14.0 Å². The van der Waals surface area contributed by atoms with Gasteiger partial charge >= 0.3 is 0 Å². The maximum absolute atomic E-state index is 12.9. The lowest BCUT2D eigenvalue weighted by Crippen LogP contribution is -2.25. The summed E-state index contributed by atoms with van der Waals surface area (Å²) in [5.74, 6) is 0.0105. The van der Waals surface area contributed by atoms with Crippen LogP contribution in [0.5, 0.6) is 5.75 Å². The second-order valence-electron chi connectivity index (χ2n) is 6.70. The molecule has 1 aliphatic rings. The highest BCUT2D eigenvalue weighted by Gasteiger charge is 2.25. The molecular formula is C21H18FN3O4. The van der Waals surface area contributed by atoms with Crippen molar-refractivity contribution in [1.82, 2.24) is 10.5 Å². The molecule has 0 unspecified atom stereocenters. The van der Waals surface area contributed by atoms with Crippen LogP contribution in [0.3, 0.4) is 0 Å². The van der Waals surface area contributed by atoms with Gasteiger partial charge in [0.1, 0.15) is 18.2 Å². The molecule has 1 heterocycles. The van der Waals surface area contributed by atoms with Crippen LogP contribution in [0.15, 0.2) is 59.1 Å². The van der Waals surface area contributed by atoms with Crippen LogP contribution in [0.25, 0.3) is 0 Å². The zero-order valence-electron chi connectivity index (χ0n) is 15.4. The number of nitrogens with zero attached hydrogens (tertiary/aromatic N) is 1. The zero-order valence-corrected chi connectivity index (χ0v) is 15.4. The average molecular weight is 395 g/mol. The van der Waals surface area contributed by atoms with Gasteiger partial charge in [-0.3, -0.25) is 9.59 Å². The van der Waals surface area contributed by atoms with Gasteiger partial charge in [0.2, 0.25) is 0 Å². The molecule has 2 amide bonds. The molecule has 2 N–H and O–H groups in total. The first-order valence-electron chi connectivity index (χ1n) is 9.13. The predicted octanol–water partition coefficient (Wildman–Crippen LogP) is 3.54. The summed E-state index contributed by atoms with van der Waals surface area (Å²) in [6, 6.07) is 13.9. The summed E-state index contributed by atoms with van der Waals surface area (Å²) in [7, 11) is 0. The van der Waals surface area contributed by atoms with Crippen molar-refractivity contribution in [3.05, 3.63) is 77.4 Å². The van der Waals surface area contributed by atoms with E-state index >= 15 is 0 Å². The summed E-state index contributed by atoms with van der Waals surface area (Å²) in [6.07, 6.45) is 2.00. The van der Waals surface area contributed by atoms with Crippen LogP contribution in [0.2, 0.25) is 0 Å². The van der Waals surface area contributed by atoms with Gasteiger partial charge in [0.05, 0.1) is 0 Å². The Morgan fingerprint density at radius 1 is 1.07 bits per heavy atom. The summed E-state index contributed by atoms with van der Waals surface area (Å²) in [6.45, 7) is 0.116. The molecule has 1 aliphatic carbocycles. The summed E-state index contributed by atoms with van der Waals surface area (Å²) < 4.78 is 23.7. The first kappa shape index (κ1) is 18.7. The maximum atomic E-state index is 12.9. The van der Waals surface area contributed by atoms with Crippen LogP contribution < -0.4 is 15.4 Å². The van der Waals surface area contributed by atoms with Gasteiger partial charge in [-0.05, 0) is 61.4 Å². The smallest absolute Gasteiger partial charge is 0.273 e. The molecule has 7 nitrogen and oxygen atoms in total. The summed E-state index contributed by atoms with van der Waals surface area (Å²) in [5.41, 5.74) is 1.17. The van der Waals surface area contributed by atoms with Gasteiger partial charge in [-0.2, -0.15) is 0 Å². The van der Waals surface area contributed by atoms with E-state index in [-0.39, 0.29) is 30.2 Å². The molecule has 29 heavy (non-hydrogen) atoms. The van der Waals surface area contributed by atoms with Crippen LogP contribution in [0, 0.1) is 5.82 Å². The largest absolute Gasteiger partial charge is 0.486 e. The highest BCUT2D eigenvalue weighted by molar-refractivity contribution is 6.04. The fraction of sp³-hybridized carbons (Fsp3) is 0.190. The van der Waals surface area contributed by atoms with Crippen LogP contribution in [-0.2, 0) is 6.61 Å². The zero-order chi connectivity index (χ0) is 20.2. The normalized spacial score (nSPS) is 13.0. The highest BCUT2D eigenvalue weighted by Crippen LogP contribution is 2.20. The summed E-state index contributed by atoms with van der Waals surface area (Å²) in [5, 5.41) is 9.32. The third-order valence-electron chi connectivity index (χ3n) is 4.30. The minimum absolute atomic E-state index is 0.116. The second kappa shape index (κ2) is 8.14. The molecule has 0 atom stereocenters. The Balaban J connectivity index is 1.29. The topological polar surface area (TPSA) is 93.5 Å². The number of carbonyl (C=O) groups excluding carboxylic acids is 2. The van der Waals surface area contributed by atoms with E-state index in [1.165, 1.54) is 24.3 Å². The van der Waals surface area contributed by atoms with E-state index in [1.54, 1.807) is 30.3 Å². The highest BCUT2D eigenvalue weighted by atomic mass is 19.1. The van der Waals surface area contributed by atoms with E-state index in [0.717, 1.165) is 12.8 Å². The van der Waals surface area contributed by atoms with Gasteiger partial charge in [-0.1, -0.05) is 5.16 Å². The van der Waals surface area contributed by atoms with Gasteiger partial charge in [-0.15, -0.1) is 0 Å². The number of aromatic nitrogens is 1. The summed E-state index contributed by atoms with van der Waals surface area (Å²) in [4.78, 5) is 24.0. The van der Waals surface area contributed by atoms with Gasteiger partial charge in [-0.25, -0.2) is 4.39 Å². The van der Waals surface area contributed by atoms with Crippen molar-refractivity contribution in [1.29, 1.82) is 0 Å². The number of hydrogen-bond acceptors (Lipinski definition) is 5. The molecule has 4 rings (SSSR count). The lowest BCUT2D eigenvalue weighted by molar-refractivity contribution is 0.0941. The van der Waals surface area contributed by atoms with Gasteiger partial charge in [0.15, 0.2) is 11.5 Å². The molecule has 1 fully saturated rings. The Labute approximate surface area is 165 Å². The van der Waals surface area contributed by atoms with Crippen LogP contribution in [-0.4, -0.2) is 23.0 Å². The minimum atomic E-state index is -0.398. The quantitative estimate of drug-likeness (QED) is 0.638. The standard InChI is InChI=1S/C21H18FN3O4/c22-14-3-1-13(2-4-14)20(26)23-16-7-9-17(10-8-16)28-12-18-11-19(25-29-18)21(27)24-15-5-6-15/h1-4,7-11,15H,5-6,12H2,(H,23,26)(H,24,27). The van der Waals surface area contributed by atoms with Crippen molar-refractivity contribution in [3.63, 3.8) is 0 Å². The molecule has 0 radical (unpaired) electrons. The lowest BCUT2D eigenvalue weighted by Gasteiger charge is -2.07. The van der Waals surface area contributed by atoms with Crippen molar-refractivity contribution in [2.24, 2.45) is 0 Å². The number of benzene rings is 2. The first-order chi connectivity index (χ1) is 14.1. The number of amides is 2. The van der Waals surface area contributed by atoms with Crippen molar-refractivity contribution in [2.75, 3.05) is 5.32 Å². The van der Waals surface area contributed by atoms with E-state index in [2.05, 4.69) is 15.8 Å². The third kappa shape index (κ3) is 4.98. The summed E-state index contributed by atoms with van der Waals surface area (Å²) >= 11 is 0. The molecule has 148 valence electrons. The molecule has 0 bridgehead atoms. The molecule has 1 aromatic heterocycles. The van der Waals surface area contributed by atoms with E-state index in [0.29, 0.717) is 22.8 Å². The van der Waals surface area contributed by atoms with Crippen LogP contribution >= 0.6 is 0 Å². The Morgan fingerprint density at radius 3 is 2.48 bits per heavy atom. The van der Waals surface area contributed by atoms with E-state index in [1.807, 2.05) is 0 Å². The monoisotopic (exact) mass is 395 g/mol. The Hall–Kier alpha value is -3.68. The maximum Gasteiger partial charge on any atom is 0.273 e. The molecule has 2 aromatic carbocycles. The molecule has 0 aliphatic heterocycles. The van der Waals surface area contributed by atoms with Crippen molar-refractivity contribution in [2.45, 2.75) is 25.5 Å². The fourth-order valence-corrected chi connectivity index (χ4v) is 2.57. The molecule has 3 aromatic rings. The Morgan fingerprint density at radius 2 is 1.79 bits per heavy atom. The minimum Gasteiger partial charge on any atom is -0.486 e. The van der Waals surface area contributed by atoms with E-state index < -0.39 is 5.82 Å². The fourth-order valence-electron chi connectivity index (χ4n) is 2.57. The first-order valence-corrected chi connectivity index (χ1v) is 9.13. The van der Waals surface area contributed by atoms with E-state index in [4.69, 9.17) is 9.26 Å². The Kier molecular flexibility index (Phi) is 5.24. The number of halogens is 1. The second-order valence-corrected chi connectivity index (χ2v) is 6.70. The predicted molar refractivity (Wildman–Crippen MR) is 102 cm³/mol. The van der Waals surface area contributed by atoms with Crippen molar-refractivity contribution >= 4 is 17.5 Å². The molecule has 0 saturated heterocycles. The molecule has 1 saturated carbocycles. The Bertz CT molecular complexity index is 1010. The van der Waals surface area contributed by atoms with Crippen molar-refractivity contribution in [3.8, 4) is 5.75 Å². The number of nitrogens with one attached hydrogen (secondary N) is 2. The number of hydrogen-bond donors (Lipinski definition) is 2.